The van der Waals surface area contributed by atoms with Gasteiger partial charge in [0.25, 0.3) is 0 Å². The van der Waals surface area contributed by atoms with Gasteiger partial charge < -0.3 is 15.0 Å². The zero-order valence-electron chi connectivity index (χ0n) is 15.7. The SMILES string of the molecule is COc1ccc(CC(=O)N[C@@H]2CCN(c3cc(C)cc(C)c3)C2=O)cc1Cl. The average molecular weight is 387 g/mol. The van der Waals surface area contributed by atoms with Gasteiger partial charge in [-0.05, 0) is 61.2 Å². The van der Waals surface area contributed by atoms with E-state index < -0.39 is 6.04 Å². The third-order valence-corrected chi connectivity index (χ3v) is 4.94. The van der Waals surface area contributed by atoms with E-state index in [1.807, 2.05) is 26.0 Å². The lowest BCUT2D eigenvalue weighted by atomic mass is 10.1. The maximum Gasteiger partial charge on any atom is 0.249 e. The third-order valence-electron chi connectivity index (χ3n) is 4.64. The van der Waals surface area contributed by atoms with Crippen LogP contribution < -0.4 is 15.0 Å². The van der Waals surface area contributed by atoms with Crippen LogP contribution in [-0.4, -0.2) is 31.5 Å². The van der Waals surface area contributed by atoms with E-state index in [-0.39, 0.29) is 18.2 Å². The molecule has 0 radical (unpaired) electrons. The van der Waals surface area contributed by atoms with Crippen LogP contribution in [0.25, 0.3) is 0 Å². The van der Waals surface area contributed by atoms with Crippen LogP contribution >= 0.6 is 11.6 Å². The lowest BCUT2D eigenvalue weighted by molar-refractivity contribution is -0.126. The molecule has 2 aromatic carbocycles. The zero-order valence-corrected chi connectivity index (χ0v) is 16.5. The van der Waals surface area contributed by atoms with Crippen molar-refractivity contribution in [3.63, 3.8) is 0 Å². The van der Waals surface area contributed by atoms with Crippen molar-refractivity contribution in [3.8, 4) is 5.75 Å². The van der Waals surface area contributed by atoms with Gasteiger partial charge in [0.05, 0.1) is 18.6 Å². The first-order valence-electron chi connectivity index (χ1n) is 8.89. The molecule has 1 saturated heterocycles. The largest absolute Gasteiger partial charge is 0.495 e. The predicted octanol–water partition coefficient (Wildman–Crippen LogP) is 3.43. The van der Waals surface area contributed by atoms with E-state index >= 15 is 0 Å². The summed E-state index contributed by atoms with van der Waals surface area (Å²) >= 11 is 6.10. The van der Waals surface area contributed by atoms with Crippen LogP contribution in [0, 0.1) is 13.8 Å². The zero-order chi connectivity index (χ0) is 19.6. The molecule has 3 rings (SSSR count). The predicted molar refractivity (Wildman–Crippen MR) is 107 cm³/mol. The Bertz CT molecular complexity index is 861. The summed E-state index contributed by atoms with van der Waals surface area (Å²) in [6, 6.07) is 10.8. The van der Waals surface area contributed by atoms with E-state index in [1.54, 1.807) is 30.2 Å². The third kappa shape index (κ3) is 4.42. The van der Waals surface area contributed by atoms with Crippen molar-refractivity contribution in [2.24, 2.45) is 0 Å². The number of amides is 2. The molecule has 27 heavy (non-hydrogen) atoms. The van der Waals surface area contributed by atoms with Crippen LogP contribution in [0.4, 0.5) is 5.69 Å². The highest BCUT2D eigenvalue weighted by Crippen LogP contribution is 2.26. The Morgan fingerprint density at radius 2 is 1.93 bits per heavy atom. The Kier molecular flexibility index (Phi) is 5.71. The molecule has 6 heteroatoms. The maximum absolute atomic E-state index is 12.7. The summed E-state index contributed by atoms with van der Waals surface area (Å²) in [6.45, 7) is 4.62. The number of methoxy groups -OCH3 is 1. The van der Waals surface area contributed by atoms with Crippen LogP contribution in [-0.2, 0) is 16.0 Å². The molecule has 1 aliphatic heterocycles. The molecule has 0 aliphatic carbocycles. The molecule has 1 N–H and O–H groups in total. The number of rotatable bonds is 5. The molecular formula is C21H23ClN2O3. The number of carbonyl (C=O) groups excluding carboxylic acids is 2. The number of ether oxygens (including phenoxy) is 1. The number of nitrogens with one attached hydrogen (secondary N) is 1. The lowest BCUT2D eigenvalue weighted by Gasteiger charge is -2.18. The first-order valence-corrected chi connectivity index (χ1v) is 9.26. The van der Waals surface area contributed by atoms with Gasteiger partial charge in [-0.3, -0.25) is 9.59 Å². The van der Waals surface area contributed by atoms with E-state index in [0.29, 0.717) is 23.7 Å². The smallest absolute Gasteiger partial charge is 0.249 e. The fraction of sp³-hybridized carbons (Fsp3) is 0.333. The van der Waals surface area contributed by atoms with Crippen molar-refractivity contribution in [3.05, 3.63) is 58.1 Å². The molecule has 2 amide bonds. The second-order valence-electron chi connectivity index (χ2n) is 6.89. The van der Waals surface area contributed by atoms with Crippen molar-refractivity contribution in [1.29, 1.82) is 0 Å². The monoisotopic (exact) mass is 386 g/mol. The molecule has 2 aromatic rings. The summed E-state index contributed by atoms with van der Waals surface area (Å²) in [6.07, 6.45) is 0.762. The maximum atomic E-state index is 12.7. The van der Waals surface area contributed by atoms with Gasteiger partial charge in [0.15, 0.2) is 0 Å². The van der Waals surface area contributed by atoms with E-state index in [4.69, 9.17) is 16.3 Å². The first kappa shape index (κ1) is 19.2. The highest BCUT2D eigenvalue weighted by Gasteiger charge is 2.33. The van der Waals surface area contributed by atoms with Crippen molar-refractivity contribution < 1.29 is 14.3 Å². The van der Waals surface area contributed by atoms with Gasteiger partial charge in [-0.1, -0.05) is 23.7 Å². The molecule has 1 atom stereocenters. The molecule has 1 aliphatic rings. The number of hydrogen-bond donors (Lipinski definition) is 1. The van der Waals surface area contributed by atoms with E-state index in [1.165, 1.54) is 0 Å². The second-order valence-corrected chi connectivity index (χ2v) is 7.30. The van der Waals surface area contributed by atoms with Gasteiger partial charge in [0.1, 0.15) is 11.8 Å². The van der Waals surface area contributed by atoms with E-state index in [9.17, 15) is 9.59 Å². The molecule has 1 fully saturated rings. The van der Waals surface area contributed by atoms with Crippen molar-refractivity contribution in [1.82, 2.24) is 5.32 Å². The highest BCUT2D eigenvalue weighted by atomic mass is 35.5. The quantitative estimate of drug-likeness (QED) is 0.856. The minimum atomic E-state index is -0.493. The van der Waals surface area contributed by atoms with Gasteiger partial charge in [-0.2, -0.15) is 0 Å². The van der Waals surface area contributed by atoms with E-state index in [0.717, 1.165) is 22.4 Å². The van der Waals surface area contributed by atoms with Crippen molar-refractivity contribution in [2.75, 3.05) is 18.6 Å². The number of benzene rings is 2. The summed E-state index contributed by atoms with van der Waals surface area (Å²) in [7, 11) is 1.54. The second kappa shape index (κ2) is 8.01. The number of hydrogen-bond acceptors (Lipinski definition) is 3. The van der Waals surface area contributed by atoms with Crippen LogP contribution in [0.5, 0.6) is 5.75 Å². The number of anilines is 1. The molecule has 0 spiro atoms. The Morgan fingerprint density at radius 1 is 1.22 bits per heavy atom. The fourth-order valence-corrected chi connectivity index (χ4v) is 3.71. The summed E-state index contributed by atoms with van der Waals surface area (Å²) in [5.41, 5.74) is 3.88. The fourth-order valence-electron chi connectivity index (χ4n) is 3.43. The minimum absolute atomic E-state index is 0.0684. The molecule has 0 unspecified atom stereocenters. The molecule has 1 heterocycles. The Hall–Kier alpha value is -2.53. The Morgan fingerprint density at radius 3 is 2.56 bits per heavy atom. The summed E-state index contributed by atoms with van der Waals surface area (Å²) < 4.78 is 5.11. The van der Waals surface area contributed by atoms with Gasteiger partial charge >= 0.3 is 0 Å². The summed E-state index contributed by atoms with van der Waals surface area (Å²) in [5.74, 6) is 0.300. The van der Waals surface area contributed by atoms with Gasteiger partial charge in [0.2, 0.25) is 11.8 Å². The normalized spacial score (nSPS) is 16.5. The summed E-state index contributed by atoms with van der Waals surface area (Å²) in [4.78, 5) is 26.8. The van der Waals surface area contributed by atoms with Crippen molar-refractivity contribution >= 4 is 29.1 Å². The first-order chi connectivity index (χ1) is 12.9. The standard InChI is InChI=1S/C21H23ClN2O3/c1-13-8-14(2)10-16(9-13)24-7-6-18(21(24)26)23-20(25)12-15-4-5-19(27-3)17(22)11-15/h4-5,8-11,18H,6-7,12H2,1-3H3,(H,23,25)/t18-/m1/s1. The molecule has 0 aromatic heterocycles. The Labute approximate surface area is 164 Å². The van der Waals surface area contributed by atoms with Gasteiger partial charge in [-0.25, -0.2) is 0 Å². The van der Waals surface area contributed by atoms with Crippen LogP contribution in [0.1, 0.15) is 23.1 Å². The molecule has 0 saturated carbocycles. The average Bonchev–Trinajstić information content (AvgIpc) is 2.95. The van der Waals surface area contributed by atoms with E-state index in [2.05, 4.69) is 11.4 Å². The number of carbonyl (C=O) groups is 2. The minimum Gasteiger partial charge on any atom is -0.495 e. The van der Waals surface area contributed by atoms with Gasteiger partial charge in [0, 0.05) is 12.2 Å². The van der Waals surface area contributed by atoms with Gasteiger partial charge in [-0.15, -0.1) is 0 Å². The molecular weight excluding hydrogens is 364 g/mol. The van der Waals surface area contributed by atoms with Crippen LogP contribution in [0.3, 0.4) is 0 Å². The van der Waals surface area contributed by atoms with Crippen LogP contribution in [0.15, 0.2) is 36.4 Å². The molecule has 142 valence electrons. The number of halogens is 1. The molecule has 5 nitrogen and oxygen atoms in total. The molecule has 0 bridgehead atoms. The van der Waals surface area contributed by atoms with Crippen LogP contribution in [0.2, 0.25) is 5.02 Å². The topological polar surface area (TPSA) is 58.6 Å². The number of aryl methyl sites for hydroxylation is 2. The number of nitrogens with zero attached hydrogens (tertiary/aromatic N) is 1. The summed E-state index contributed by atoms with van der Waals surface area (Å²) in [5, 5.41) is 3.31. The van der Waals surface area contributed by atoms with Crippen molar-refractivity contribution in [2.45, 2.75) is 32.7 Å². The Balaban J connectivity index is 1.63. The highest BCUT2D eigenvalue weighted by molar-refractivity contribution is 6.32. The lowest BCUT2D eigenvalue weighted by Crippen LogP contribution is -2.42.